The summed E-state index contributed by atoms with van der Waals surface area (Å²) in [7, 11) is -1.83. The Morgan fingerprint density at radius 1 is 1.14 bits per heavy atom. The number of aliphatic hydroxyl groups is 1. The molecule has 11 nitrogen and oxygen atoms in total. The number of aliphatic hydroxyl groups excluding tert-OH is 1. The molecular weight excluding hydrogens is 476 g/mol. The Morgan fingerprint density at radius 2 is 1.69 bits per heavy atom. The summed E-state index contributed by atoms with van der Waals surface area (Å²) in [6.07, 6.45) is -1.13. The molecule has 1 rings (SSSR count). The molecule has 3 atom stereocenters. The van der Waals surface area contributed by atoms with E-state index in [4.69, 9.17) is 5.73 Å². The normalized spacial score (nSPS) is 15.2. The Balaban J connectivity index is 3.11. The minimum absolute atomic E-state index is 0.201. The van der Waals surface area contributed by atoms with Crippen molar-refractivity contribution in [3.63, 3.8) is 0 Å². The molecular formula is C23H38N4O7S. The number of carbonyl (C=O) groups excluding carboxylic acids is 3. The second kappa shape index (κ2) is 11.9. The van der Waals surface area contributed by atoms with Gasteiger partial charge in [0.1, 0.15) is 5.54 Å². The summed E-state index contributed by atoms with van der Waals surface area (Å²) >= 11 is 0. The van der Waals surface area contributed by atoms with Gasteiger partial charge in [-0.2, -0.15) is 17.4 Å². The minimum Gasteiger partial charge on any atom is -0.468 e. The van der Waals surface area contributed by atoms with Gasteiger partial charge >= 0.3 is 5.97 Å². The third kappa shape index (κ3) is 8.27. The maximum Gasteiger partial charge on any atom is 0.326 e. The second-order valence-electron chi connectivity index (χ2n) is 9.68. The predicted octanol–water partition coefficient (Wildman–Crippen LogP) is -0.0598. The lowest BCUT2D eigenvalue weighted by Crippen LogP contribution is -2.57. The molecule has 0 aliphatic rings. The molecule has 5 N–H and O–H groups in total. The molecule has 0 bridgehead atoms. The molecule has 198 valence electrons. The highest BCUT2D eigenvalue weighted by Gasteiger charge is 2.39. The Hall–Kier alpha value is -2.54. The van der Waals surface area contributed by atoms with Crippen LogP contribution in [-0.4, -0.2) is 74.0 Å². The van der Waals surface area contributed by atoms with E-state index in [0.717, 1.165) is 17.0 Å². The number of benzene rings is 1. The number of hydrogen-bond donors (Lipinski definition) is 4. The first-order valence-corrected chi connectivity index (χ1v) is 12.6. The quantitative estimate of drug-likeness (QED) is 0.267. The summed E-state index contributed by atoms with van der Waals surface area (Å²) < 4.78 is 33.3. The summed E-state index contributed by atoms with van der Waals surface area (Å²) in [6.45, 7) is 6.97. The van der Waals surface area contributed by atoms with Crippen LogP contribution in [0.2, 0.25) is 0 Å². The summed E-state index contributed by atoms with van der Waals surface area (Å²) in [5.74, 6) is -2.75. The molecule has 0 aromatic heterocycles. The third-order valence-corrected chi connectivity index (χ3v) is 7.87. The van der Waals surface area contributed by atoms with Gasteiger partial charge in [-0.1, -0.05) is 51.1 Å². The van der Waals surface area contributed by atoms with Crippen LogP contribution in [0.5, 0.6) is 0 Å². The molecule has 0 heterocycles. The fourth-order valence-electron chi connectivity index (χ4n) is 3.19. The van der Waals surface area contributed by atoms with Crippen molar-refractivity contribution >= 4 is 28.0 Å². The van der Waals surface area contributed by atoms with Crippen LogP contribution < -0.4 is 15.8 Å². The smallest absolute Gasteiger partial charge is 0.326 e. The number of nitrogens with one attached hydrogen (secondary N) is 2. The molecule has 35 heavy (non-hydrogen) atoms. The average Bonchev–Trinajstić information content (AvgIpc) is 2.76. The largest absolute Gasteiger partial charge is 0.468 e. The van der Waals surface area contributed by atoms with E-state index in [-0.39, 0.29) is 6.42 Å². The first-order chi connectivity index (χ1) is 16.0. The molecule has 1 aromatic carbocycles. The first-order valence-electron chi connectivity index (χ1n) is 11.1. The average molecular weight is 515 g/mol. The number of primary amides is 1. The highest BCUT2D eigenvalue weighted by molar-refractivity contribution is 7.87. The molecule has 1 aromatic rings. The SMILES string of the molecule is COC(=O)C(C)(C)NS(=O)(=O)N(C)C[C@@H](O)[C@H](Cc1ccccc1)NC(=O)C(C)C(C)(C)C(N)=O. The van der Waals surface area contributed by atoms with Gasteiger partial charge in [0, 0.05) is 19.5 Å². The van der Waals surface area contributed by atoms with Gasteiger partial charge in [-0.25, -0.2) is 0 Å². The number of hydrogen-bond acceptors (Lipinski definition) is 7. The van der Waals surface area contributed by atoms with Gasteiger partial charge in [-0.05, 0) is 25.8 Å². The van der Waals surface area contributed by atoms with E-state index < -0.39 is 63.6 Å². The zero-order valence-electron chi connectivity index (χ0n) is 21.4. The Labute approximate surface area is 207 Å². The maximum atomic E-state index is 13.0. The van der Waals surface area contributed by atoms with E-state index in [2.05, 4.69) is 14.8 Å². The Bertz CT molecular complexity index is 996. The third-order valence-electron chi connectivity index (χ3n) is 6.14. The van der Waals surface area contributed by atoms with Crippen molar-refractivity contribution in [1.82, 2.24) is 14.3 Å². The van der Waals surface area contributed by atoms with Gasteiger partial charge < -0.3 is 20.9 Å². The van der Waals surface area contributed by atoms with Gasteiger partial charge in [0.05, 0.1) is 24.7 Å². The van der Waals surface area contributed by atoms with Gasteiger partial charge in [-0.15, -0.1) is 0 Å². The number of esters is 1. The van der Waals surface area contributed by atoms with Crippen LogP contribution in [0.4, 0.5) is 0 Å². The molecule has 12 heteroatoms. The number of nitrogens with two attached hydrogens (primary N) is 1. The zero-order valence-corrected chi connectivity index (χ0v) is 22.2. The van der Waals surface area contributed by atoms with E-state index in [1.165, 1.54) is 20.9 Å². The summed E-state index contributed by atoms with van der Waals surface area (Å²) in [4.78, 5) is 36.6. The van der Waals surface area contributed by atoms with Crippen LogP contribution in [0.1, 0.15) is 40.2 Å². The predicted molar refractivity (Wildman–Crippen MR) is 131 cm³/mol. The fraction of sp³-hybridized carbons (Fsp3) is 0.609. The van der Waals surface area contributed by atoms with Crippen LogP contribution in [0.3, 0.4) is 0 Å². The highest BCUT2D eigenvalue weighted by Crippen LogP contribution is 2.26. The lowest BCUT2D eigenvalue weighted by molar-refractivity contribution is -0.146. The van der Waals surface area contributed by atoms with E-state index in [1.807, 2.05) is 18.2 Å². The first kappa shape index (κ1) is 30.5. The van der Waals surface area contributed by atoms with E-state index in [0.29, 0.717) is 0 Å². The highest BCUT2D eigenvalue weighted by atomic mass is 32.2. The molecule has 0 fully saturated rings. The number of carbonyl (C=O) groups is 3. The molecule has 2 amide bonds. The molecule has 0 saturated heterocycles. The monoisotopic (exact) mass is 514 g/mol. The van der Waals surface area contributed by atoms with Gasteiger partial charge in [0.25, 0.3) is 10.2 Å². The van der Waals surface area contributed by atoms with E-state index in [9.17, 15) is 27.9 Å². The van der Waals surface area contributed by atoms with Crippen LogP contribution in [0.15, 0.2) is 30.3 Å². The standard InChI is InChI=1S/C23H38N4O7S/c1-15(22(2,3)20(24)30)19(29)25-17(13-16-11-9-8-10-12-16)18(28)14-27(6)35(32,33)26-23(4,5)21(31)34-7/h8-12,15,17-18,26,28H,13-14H2,1-7H3,(H2,24,30)(H,25,29)/t15?,17-,18+/m0/s1. The van der Waals surface area contributed by atoms with Crippen molar-refractivity contribution in [2.75, 3.05) is 20.7 Å². The summed E-state index contributed by atoms with van der Waals surface area (Å²) in [5, 5.41) is 13.7. The van der Waals surface area contributed by atoms with Gasteiger partial charge in [0.15, 0.2) is 0 Å². The van der Waals surface area contributed by atoms with Crippen molar-refractivity contribution in [3.05, 3.63) is 35.9 Å². The molecule has 0 radical (unpaired) electrons. The molecule has 0 spiro atoms. The summed E-state index contributed by atoms with van der Waals surface area (Å²) in [5.41, 5.74) is 3.55. The number of likely N-dealkylation sites (N-methyl/N-ethyl adjacent to an activating group) is 1. The Kier molecular flexibility index (Phi) is 10.4. The minimum atomic E-state index is -4.21. The Morgan fingerprint density at radius 3 is 2.17 bits per heavy atom. The van der Waals surface area contributed by atoms with Gasteiger partial charge in [-0.3, -0.25) is 14.4 Å². The number of ether oxygens (including phenoxy) is 1. The van der Waals surface area contributed by atoms with Gasteiger partial charge in [0.2, 0.25) is 11.8 Å². The van der Waals surface area contributed by atoms with Crippen molar-refractivity contribution in [1.29, 1.82) is 0 Å². The molecule has 0 aliphatic heterocycles. The topological polar surface area (TPSA) is 168 Å². The van der Waals surface area contributed by atoms with Crippen LogP contribution >= 0.6 is 0 Å². The number of amides is 2. The van der Waals surface area contributed by atoms with Crippen LogP contribution in [0.25, 0.3) is 0 Å². The number of methoxy groups -OCH3 is 1. The van der Waals surface area contributed by atoms with E-state index >= 15 is 0 Å². The lowest BCUT2D eigenvalue weighted by Gasteiger charge is -2.32. The van der Waals surface area contributed by atoms with Crippen molar-refractivity contribution in [2.24, 2.45) is 17.1 Å². The van der Waals surface area contributed by atoms with Crippen molar-refractivity contribution in [2.45, 2.75) is 58.7 Å². The van der Waals surface area contributed by atoms with Crippen molar-refractivity contribution in [3.8, 4) is 0 Å². The maximum absolute atomic E-state index is 13.0. The number of rotatable bonds is 13. The molecule has 0 saturated carbocycles. The lowest BCUT2D eigenvalue weighted by atomic mass is 9.78. The fourth-order valence-corrected chi connectivity index (χ4v) is 4.42. The van der Waals surface area contributed by atoms with E-state index in [1.54, 1.807) is 32.9 Å². The number of nitrogens with zero attached hydrogens (tertiary/aromatic N) is 1. The molecule has 0 aliphatic carbocycles. The summed E-state index contributed by atoms with van der Waals surface area (Å²) in [6, 6.07) is 8.15. The van der Waals surface area contributed by atoms with Crippen molar-refractivity contribution < 1.29 is 32.6 Å². The van der Waals surface area contributed by atoms with Crippen LogP contribution in [0, 0.1) is 11.3 Å². The second-order valence-corrected chi connectivity index (χ2v) is 11.5. The molecule has 1 unspecified atom stereocenters. The van der Waals surface area contributed by atoms with Crippen LogP contribution in [-0.2, 0) is 35.8 Å². The zero-order chi connectivity index (χ0) is 27.2.